The van der Waals surface area contributed by atoms with Crippen LogP contribution >= 0.6 is 0 Å². The van der Waals surface area contributed by atoms with Crippen molar-refractivity contribution < 1.29 is 4.42 Å². The minimum absolute atomic E-state index is 0.635. The lowest BCUT2D eigenvalue weighted by molar-refractivity contribution is 0.623. The zero-order valence-corrected chi connectivity index (χ0v) is 24.3. The van der Waals surface area contributed by atoms with E-state index >= 15 is 0 Å². The summed E-state index contributed by atoms with van der Waals surface area (Å²) >= 11 is 0. The predicted molar refractivity (Wildman–Crippen MR) is 186 cm³/mol. The minimum atomic E-state index is 0.635. The Bertz CT molecular complexity index is 2480. The molecule has 0 N–H and O–H groups in total. The van der Waals surface area contributed by atoms with Gasteiger partial charge in [0.1, 0.15) is 5.52 Å². The van der Waals surface area contributed by atoms with Crippen molar-refractivity contribution in [1.29, 1.82) is 0 Å². The first-order chi connectivity index (χ1) is 22.3. The van der Waals surface area contributed by atoms with Crippen LogP contribution in [0.4, 0.5) is 17.1 Å². The SMILES string of the molecule is c1ccc(-c2nc3ccc4cc(N(c5ccccc5)c5ccc6c(c5)c5ccccc5n6-c5ccccc5)ccc4c3o2)cc1. The standard InChI is InChI=1S/C41H27N3O/c1-4-12-28(13-5-1)41-42-37-24-20-29-26-32(21-23-34(29)40(37)45-41)43(30-14-6-2-7-15-30)33-22-25-39-36(27-33)35-18-10-11-19-38(35)44(39)31-16-8-3-9-17-31/h1-27H. The van der Waals surface area contributed by atoms with E-state index in [1.54, 1.807) is 0 Å². The van der Waals surface area contributed by atoms with Gasteiger partial charge in [0.15, 0.2) is 5.58 Å². The van der Waals surface area contributed by atoms with Crippen molar-refractivity contribution in [3.8, 4) is 17.1 Å². The van der Waals surface area contributed by atoms with Crippen molar-refractivity contribution >= 4 is 60.7 Å². The first kappa shape index (κ1) is 25.4. The molecule has 0 fully saturated rings. The van der Waals surface area contributed by atoms with Gasteiger partial charge in [-0.05, 0) is 90.3 Å². The number of hydrogen-bond donors (Lipinski definition) is 0. The Balaban J connectivity index is 1.22. The van der Waals surface area contributed by atoms with Crippen molar-refractivity contribution in [2.45, 2.75) is 0 Å². The van der Waals surface area contributed by atoms with E-state index in [1.165, 1.54) is 21.8 Å². The summed E-state index contributed by atoms with van der Waals surface area (Å²) in [5.41, 5.74) is 9.41. The molecular weight excluding hydrogens is 550 g/mol. The molecule has 0 amide bonds. The molecule has 4 heteroatoms. The molecule has 0 aliphatic heterocycles. The molecule has 0 radical (unpaired) electrons. The number of rotatable bonds is 5. The molecule has 0 saturated heterocycles. The third kappa shape index (κ3) is 4.19. The van der Waals surface area contributed by atoms with Crippen LogP contribution in [0.2, 0.25) is 0 Å². The molecule has 0 atom stereocenters. The van der Waals surface area contributed by atoms with Crippen molar-refractivity contribution in [3.05, 3.63) is 164 Å². The van der Waals surface area contributed by atoms with Crippen LogP contribution in [0.25, 0.3) is 60.8 Å². The smallest absolute Gasteiger partial charge is 0.227 e. The van der Waals surface area contributed by atoms with E-state index in [4.69, 9.17) is 9.40 Å². The number of anilines is 3. The highest BCUT2D eigenvalue weighted by molar-refractivity contribution is 6.11. The topological polar surface area (TPSA) is 34.2 Å². The number of fused-ring (bicyclic) bond motifs is 6. The number of para-hydroxylation sites is 3. The summed E-state index contributed by atoms with van der Waals surface area (Å²) in [5.74, 6) is 0.635. The second-order valence-electron chi connectivity index (χ2n) is 11.3. The third-order valence-electron chi connectivity index (χ3n) is 8.58. The third-order valence-corrected chi connectivity index (χ3v) is 8.58. The van der Waals surface area contributed by atoms with Crippen LogP contribution in [0, 0.1) is 0 Å². The minimum Gasteiger partial charge on any atom is -0.435 e. The lowest BCUT2D eigenvalue weighted by atomic mass is 10.1. The van der Waals surface area contributed by atoms with E-state index in [0.717, 1.165) is 50.2 Å². The molecule has 2 aromatic heterocycles. The summed E-state index contributed by atoms with van der Waals surface area (Å²) < 4.78 is 8.69. The molecule has 0 spiro atoms. The van der Waals surface area contributed by atoms with Crippen LogP contribution < -0.4 is 4.90 Å². The van der Waals surface area contributed by atoms with Crippen LogP contribution in [0.3, 0.4) is 0 Å². The quantitative estimate of drug-likeness (QED) is 0.204. The van der Waals surface area contributed by atoms with E-state index in [9.17, 15) is 0 Å². The van der Waals surface area contributed by atoms with E-state index in [-0.39, 0.29) is 0 Å². The molecule has 0 unspecified atom stereocenters. The molecule has 0 aliphatic carbocycles. The van der Waals surface area contributed by atoms with Gasteiger partial charge in [-0.2, -0.15) is 0 Å². The number of aromatic nitrogens is 2. The second-order valence-corrected chi connectivity index (χ2v) is 11.3. The van der Waals surface area contributed by atoms with Gasteiger partial charge >= 0.3 is 0 Å². The van der Waals surface area contributed by atoms with Gasteiger partial charge in [-0.25, -0.2) is 4.98 Å². The van der Waals surface area contributed by atoms with Crippen molar-refractivity contribution in [2.75, 3.05) is 4.90 Å². The Morgan fingerprint density at radius 3 is 1.98 bits per heavy atom. The molecule has 212 valence electrons. The molecule has 2 heterocycles. The van der Waals surface area contributed by atoms with Crippen molar-refractivity contribution in [2.24, 2.45) is 0 Å². The Hall–Kier alpha value is -6.13. The van der Waals surface area contributed by atoms with Crippen LogP contribution in [0.15, 0.2) is 168 Å². The predicted octanol–water partition coefficient (Wildman–Crippen LogP) is 11.2. The number of nitrogens with zero attached hydrogens (tertiary/aromatic N) is 3. The van der Waals surface area contributed by atoms with Gasteiger partial charge in [0.2, 0.25) is 5.89 Å². The van der Waals surface area contributed by atoms with Gasteiger partial charge in [-0.15, -0.1) is 0 Å². The van der Waals surface area contributed by atoms with Crippen LogP contribution in [-0.4, -0.2) is 9.55 Å². The molecule has 0 aliphatic rings. The summed E-state index contributed by atoms with van der Waals surface area (Å²) in [6, 6.07) is 57.4. The van der Waals surface area contributed by atoms with Crippen molar-refractivity contribution in [3.63, 3.8) is 0 Å². The highest BCUT2D eigenvalue weighted by Gasteiger charge is 2.18. The molecular formula is C41H27N3O. The summed E-state index contributed by atoms with van der Waals surface area (Å²) in [5, 5.41) is 4.58. The molecule has 0 saturated carbocycles. The van der Waals surface area contributed by atoms with Gasteiger partial charge in [-0.3, -0.25) is 0 Å². The van der Waals surface area contributed by atoms with E-state index in [0.29, 0.717) is 5.89 Å². The zero-order chi connectivity index (χ0) is 29.7. The Labute approximate surface area is 260 Å². The molecule has 9 aromatic rings. The largest absolute Gasteiger partial charge is 0.435 e. The fourth-order valence-electron chi connectivity index (χ4n) is 6.52. The van der Waals surface area contributed by atoms with Gasteiger partial charge in [0.25, 0.3) is 0 Å². The van der Waals surface area contributed by atoms with Gasteiger partial charge < -0.3 is 13.9 Å². The fourth-order valence-corrected chi connectivity index (χ4v) is 6.52. The second kappa shape index (κ2) is 10.2. The molecule has 0 bridgehead atoms. The number of hydrogen-bond acceptors (Lipinski definition) is 3. The van der Waals surface area contributed by atoms with Crippen LogP contribution in [0.1, 0.15) is 0 Å². The lowest BCUT2D eigenvalue weighted by Crippen LogP contribution is -2.09. The van der Waals surface area contributed by atoms with Gasteiger partial charge in [0, 0.05) is 44.5 Å². The molecule has 4 nitrogen and oxygen atoms in total. The monoisotopic (exact) mass is 577 g/mol. The van der Waals surface area contributed by atoms with E-state index in [1.807, 2.05) is 30.3 Å². The van der Waals surface area contributed by atoms with Gasteiger partial charge in [0.05, 0.1) is 11.0 Å². The van der Waals surface area contributed by atoms with E-state index in [2.05, 4.69) is 143 Å². The van der Waals surface area contributed by atoms with Gasteiger partial charge in [-0.1, -0.05) is 78.9 Å². The average Bonchev–Trinajstić information content (AvgIpc) is 3.69. The average molecular weight is 578 g/mol. The molecule has 7 aromatic carbocycles. The first-order valence-corrected chi connectivity index (χ1v) is 15.1. The highest BCUT2D eigenvalue weighted by atomic mass is 16.3. The summed E-state index contributed by atoms with van der Waals surface area (Å²) in [4.78, 5) is 7.11. The molecule has 9 rings (SSSR count). The molecule has 45 heavy (non-hydrogen) atoms. The van der Waals surface area contributed by atoms with E-state index < -0.39 is 0 Å². The Morgan fingerprint density at radius 2 is 1.16 bits per heavy atom. The normalized spacial score (nSPS) is 11.6. The zero-order valence-electron chi connectivity index (χ0n) is 24.3. The maximum absolute atomic E-state index is 6.34. The maximum Gasteiger partial charge on any atom is 0.227 e. The van der Waals surface area contributed by atoms with Crippen LogP contribution in [0.5, 0.6) is 0 Å². The number of benzene rings is 7. The fraction of sp³-hybridized carbons (Fsp3) is 0. The lowest BCUT2D eigenvalue weighted by Gasteiger charge is -2.26. The summed E-state index contributed by atoms with van der Waals surface area (Å²) in [6.07, 6.45) is 0. The highest BCUT2D eigenvalue weighted by Crippen LogP contribution is 2.41. The number of oxazole rings is 1. The van der Waals surface area contributed by atoms with Crippen molar-refractivity contribution in [1.82, 2.24) is 9.55 Å². The summed E-state index contributed by atoms with van der Waals surface area (Å²) in [7, 11) is 0. The van der Waals surface area contributed by atoms with Crippen LogP contribution in [-0.2, 0) is 0 Å². The summed E-state index contributed by atoms with van der Waals surface area (Å²) in [6.45, 7) is 0. The Kier molecular flexibility index (Phi) is 5.78. The Morgan fingerprint density at radius 1 is 0.489 bits per heavy atom. The first-order valence-electron chi connectivity index (χ1n) is 15.1. The maximum atomic E-state index is 6.34.